The highest BCUT2D eigenvalue weighted by Gasteiger charge is 2.35. The van der Waals surface area contributed by atoms with Gasteiger partial charge in [-0.3, -0.25) is 9.38 Å². The van der Waals surface area contributed by atoms with E-state index in [0.29, 0.717) is 21.8 Å². The third-order valence-electron chi connectivity index (χ3n) is 3.89. The van der Waals surface area contributed by atoms with E-state index in [4.69, 9.17) is 11.6 Å². The second-order valence-electron chi connectivity index (χ2n) is 5.55. The molecule has 4 aromatic rings. The summed E-state index contributed by atoms with van der Waals surface area (Å²) in [5.74, 6) is 0. The fourth-order valence-corrected chi connectivity index (χ4v) is 2.80. The zero-order chi connectivity index (χ0) is 18.3. The van der Waals surface area contributed by atoms with Crippen LogP contribution in [0.1, 0.15) is 5.69 Å². The first-order valence-electron chi connectivity index (χ1n) is 7.55. The second-order valence-corrected chi connectivity index (χ2v) is 5.99. The quantitative estimate of drug-likeness (QED) is 0.488. The molecule has 26 heavy (non-hydrogen) atoms. The van der Waals surface area contributed by atoms with Crippen molar-refractivity contribution in [2.75, 3.05) is 0 Å². The Balaban J connectivity index is 2.01. The van der Waals surface area contributed by atoms with Gasteiger partial charge in [-0.2, -0.15) is 13.2 Å². The molecule has 3 aromatic heterocycles. The Morgan fingerprint density at radius 2 is 1.62 bits per heavy atom. The molecule has 0 bridgehead atoms. The molecular weight excluding hydrogens is 365 g/mol. The highest BCUT2D eigenvalue weighted by molar-refractivity contribution is 6.30. The number of aromatic nitrogens is 4. The van der Waals surface area contributed by atoms with Crippen LogP contribution in [0.15, 0.2) is 61.2 Å². The molecule has 0 saturated carbocycles. The number of rotatable bonds is 2. The topological polar surface area (TPSA) is 43.1 Å². The maximum absolute atomic E-state index is 13.6. The predicted molar refractivity (Wildman–Crippen MR) is 91.7 cm³/mol. The van der Waals surface area contributed by atoms with Crippen LogP contribution in [0.5, 0.6) is 0 Å². The van der Waals surface area contributed by atoms with Crippen molar-refractivity contribution in [1.29, 1.82) is 0 Å². The lowest BCUT2D eigenvalue weighted by molar-refractivity contribution is -0.142. The molecular formula is C18H10ClF3N4. The minimum absolute atomic E-state index is 0.121. The normalized spacial score (nSPS) is 11.8. The summed E-state index contributed by atoms with van der Waals surface area (Å²) in [5.41, 5.74) is 0.989. The van der Waals surface area contributed by atoms with E-state index in [1.54, 1.807) is 48.8 Å². The van der Waals surface area contributed by atoms with Crippen LogP contribution in [0.4, 0.5) is 13.2 Å². The summed E-state index contributed by atoms with van der Waals surface area (Å²) in [6, 6.07) is 10.8. The molecule has 130 valence electrons. The summed E-state index contributed by atoms with van der Waals surface area (Å²) in [6.45, 7) is 0. The number of hydrogen-bond donors (Lipinski definition) is 0. The lowest BCUT2D eigenvalue weighted by Gasteiger charge is -2.12. The molecule has 0 aliphatic rings. The number of imidazole rings is 1. The van der Waals surface area contributed by atoms with Crippen LogP contribution in [0.2, 0.25) is 5.02 Å². The number of benzene rings is 1. The van der Waals surface area contributed by atoms with Gasteiger partial charge >= 0.3 is 6.18 Å². The van der Waals surface area contributed by atoms with Gasteiger partial charge in [0.15, 0.2) is 5.65 Å². The van der Waals surface area contributed by atoms with Crippen LogP contribution in [0.3, 0.4) is 0 Å². The van der Waals surface area contributed by atoms with Gasteiger partial charge in [-0.05, 0) is 30.3 Å². The monoisotopic (exact) mass is 374 g/mol. The van der Waals surface area contributed by atoms with Gasteiger partial charge in [0.1, 0.15) is 17.7 Å². The summed E-state index contributed by atoms with van der Waals surface area (Å²) in [6.07, 6.45) is -0.326. The molecule has 3 heterocycles. The van der Waals surface area contributed by atoms with Crippen molar-refractivity contribution >= 4 is 17.2 Å². The number of hydrogen-bond acceptors (Lipinski definition) is 3. The minimum atomic E-state index is -4.56. The number of halogens is 4. The lowest BCUT2D eigenvalue weighted by Crippen LogP contribution is -2.12. The van der Waals surface area contributed by atoms with Crippen molar-refractivity contribution in [1.82, 2.24) is 19.4 Å². The Morgan fingerprint density at radius 3 is 2.27 bits per heavy atom. The van der Waals surface area contributed by atoms with Crippen LogP contribution in [0, 0.1) is 0 Å². The summed E-state index contributed by atoms with van der Waals surface area (Å²) in [7, 11) is 0. The Bertz CT molecular complexity index is 1070. The Morgan fingerprint density at radius 1 is 0.923 bits per heavy atom. The van der Waals surface area contributed by atoms with Crippen molar-refractivity contribution in [2.24, 2.45) is 0 Å². The number of nitrogens with zero attached hydrogens (tertiary/aromatic N) is 4. The van der Waals surface area contributed by atoms with Gasteiger partial charge in [-0.15, -0.1) is 0 Å². The average molecular weight is 375 g/mol. The molecule has 0 N–H and O–H groups in total. The zero-order valence-corrected chi connectivity index (χ0v) is 13.8. The van der Waals surface area contributed by atoms with Crippen molar-refractivity contribution < 1.29 is 13.2 Å². The van der Waals surface area contributed by atoms with E-state index in [1.165, 1.54) is 0 Å². The third-order valence-corrected chi connectivity index (χ3v) is 4.14. The highest BCUT2D eigenvalue weighted by Crippen LogP contribution is 2.34. The van der Waals surface area contributed by atoms with Crippen LogP contribution in [-0.2, 0) is 6.18 Å². The third kappa shape index (κ3) is 2.90. The maximum Gasteiger partial charge on any atom is 0.431 e. The molecule has 0 amide bonds. The van der Waals surface area contributed by atoms with E-state index >= 15 is 0 Å². The maximum atomic E-state index is 13.6. The molecule has 0 radical (unpaired) electrons. The largest absolute Gasteiger partial charge is 0.431 e. The van der Waals surface area contributed by atoms with Gasteiger partial charge in [0.2, 0.25) is 0 Å². The summed E-state index contributed by atoms with van der Waals surface area (Å²) < 4.78 is 41.7. The van der Waals surface area contributed by atoms with E-state index in [-0.39, 0.29) is 11.3 Å². The van der Waals surface area contributed by atoms with E-state index < -0.39 is 11.9 Å². The molecule has 4 rings (SSSR count). The molecule has 0 aliphatic heterocycles. The molecule has 0 atom stereocenters. The summed E-state index contributed by atoms with van der Waals surface area (Å²) in [5, 5.41) is 0.493. The van der Waals surface area contributed by atoms with Gasteiger partial charge in [-0.25, -0.2) is 9.97 Å². The van der Waals surface area contributed by atoms with Crippen LogP contribution in [-0.4, -0.2) is 19.4 Å². The first kappa shape index (κ1) is 16.5. The zero-order valence-electron chi connectivity index (χ0n) is 13.1. The standard InChI is InChI=1S/C18H10ClF3N4/c19-13-3-1-11(2-4-13)14-9-15(18(20,21)22)26-10-24-16(17(26)25-14)12-5-7-23-8-6-12/h1-10H. The van der Waals surface area contributed by atoms with Crippen LogP contribution < -0.4 is 0 Å². The molecule has 1 aromatic carbocycles. The number of alkyl halides is 3. The van der Waals surface area contributed by atoms with Gasteiger partial charge in [0.25, 0.3) is 0 Å². The van der Waals surface area contributed by atoms with E-state index in [1.807, 2.05) is 0 Å². The Labute approximate surface area is 150 Å². The smallest absolute Gasteiger partial charge is 0.278 e. The molecule has 8 heteroatoms. The van der Waals surface area contributed by atoms with Crippen molar-refractivity contribution in [3.05, 3.63) is 71.9 Å². The predicted octanol–water partition coefficient (Wildman–Crippen LogP) is 5.13. The SMILES string of the molecule is FC(F)(F)c1cc(-c2ccc(Cl)cc2)nc2c(-c3ccncc3)ncn12. The average Bonchev–Trinajstić information content (AvgIpc) is 3.05. The van der Waals surface area contributed by atoms with Crippen molar-refractivity contribution in [2.45, 2.75) is 6.18 Å². The summed E-state index contributed by atoms with van der Waals surface area (Å²) in [4.78, 5) is 12.5. The first-order valence-corrected chi connectivity index (χ1v) is 7.93. The molecule has 0 aliphatic carbocycles. The van der Waals surface area contributed by atoms with E-state index in [9.17, 15) is 13.2 Å². The van der Waals surface area contributed by atoms with Gasteiger partial charge in [-0.1, -0.05) is 23.7 Å². The minimum Gasteiger partial charge on any atom is -0.278 e. The Kier molecular flexibility index (Phi) is 3.88. The molecule has 0 saturated heterocycles. The number of pyridine rings is 1. The van der Waals surface area contributed by atoms with Gasteiger partial charge in [0, 0.05) is 28.5 Å². The van der Waals surface area contributed by atoms with Gasteiger partial charge in [0.05, 0.1) is 5.69 Å². The van der Waals surface area contributed by atoms with Gasteiger partial charge < -0.3 is 0 Å². The molecule has 4 nitrogen and oxygen atoms in total. The van der Waals surface area contributed by atoms with Crippen molar-refractivity contribution in [3.8, 4) is 22.5 Å². The van der Waals surface area contributed by atoms with Crippen LogP contribution in [0.25, 0.3) is 28.2 Å². The highest BCUT2D eigenvalue weighted by atomic mass is 35.5. The fraction of sp³-hybridized carbons (Fsp3) is 0.0556. The number of fused-ring (bicyclic) bond motifs is 1. The Hall–Kier alpha value is -2.93. The first-order chi connectivity index (χ1) is 12.4. The molecule has 0 spiro atoms. The van der Waals surface area contributed by atoms with Crippen molar-refractivity contribution in [3.63, 3.8) is 0 Å². The van der Waals surface area contributed by atoms with E-state index in [0.717, 1.165) is 16.8 Å². The van der Waals surface area contributed by atoms with Crippen LogP contribution >= 0.6 is 11.6 Å². The molecule has 0 fully saturated rings. The fourth-order valence-electron chi connectivity index (χ4n) is 2.67. The lowest BCUT2D eigenvalue weighted by atomic mass is 10.1. The summed E-state index contributed by atoms with van der Waals surface area (Å²) >= 11 is 5.87. The molecule has 0 unspecified atom stereocenters. The second kappa shape index (κ2) is 6.10. The van der Waals surface area contributed by atoms with E-state index in [2.05, 4.69) is 15.0 Å².